The summed E-state index contributed by atoms with van der Waals surface area (Å²) in [5, 5.41) is 1.38. The fourth-order valence-corrected chi connectivity index (χ4v) is 4.43. The van der Waals surface area contributed by atoms with E-state index >= 15 is 0 Å². The molecule has 5 aromatic rings. The highest BCUT2D eigenvalue weighted by molar-refractivity contribution is 6.04. The molecule has 4 aromatic carbocycles. The quantitative estimate of drug-likeness (QED) is 0.303. The Kier molecular flexibility index (Phi) is 5.64. The van der Waals surface area contributed by atoms with Gasteiger partial charge >= 0.3 is 0 Å². The van der Waals surface area contributed by atoms with E-state index in [0.717, 1.165) is 39.0 Å². The van der Waals surface area contributed by atoms with E-state index in [9.17, 15) is 4.79 Å². The number of benzene rings is 4. The van der Waals surface area contributed by atoms with Crippen LogP contribution in [0.15, 0.2) is 102 Å². The van der Waals surface area contributed by atoms with Gasteiger partial charge in [0.1, 0.15) is 0 Å². The summed E-state index contributed by atoms with van der Waals surface area (Å²) in [4.78, 5) is 14.1. The van der Waals surface area contributed by atoms with Crippen molar-refractivity contribution >= 4 is 10.8 Å². The van der Waals surface area contributed by atoms with E-state index in [1.807, 2.05) is 90.4 Å². The standard InChI is InChI=1S/C30H25NO3/c1-20-14-16-23(17-15-20)31-29(22-12-8-5-9-13-22)28(21-10-6-4-7-11-21)24-18-26(33-2)27(34-3)19-25(24)30(31)32/h4-19H,1-3H3. The molecule has 0 aliphatic carbocycles. The van der Waals surface area contributed by atoms with Gasteiger partial charge in [0.25, 0.3) is 5.56 Å². The summed E-state index contributed by atoms with van der Waals surface area (Å²) >= 11 is 0. The second-order valence-corrected chi connectivity index (χ2v) is 8.18. The van der Waals surface area contributed by atoms with Crippen molar-refractivity contribution in [1.29, 1.82) is 0 Å². The molecule has 0 unspecified atom stereocenters. The lowest BCUT2D eigenvalue weighted by Gasteiger charge is -2.22. The van der Waals surface area contributed by atoms with Crippen molar-refractivity contribution in [1.82, 2.24) is 4.57 Å². The molecule has 168 valence electrons. The third-order valence-electron chi connectivity index (χ3n) is 6.09. The Balaban J connectivity index is 2.04. The van der Waals surface area contributed by atoms with Gasteiger partial charge in [-0.25, -0.2) is 0 Å². The first-order valence-corrected chi connectivity index (χ1v) is 11.1. The van der Waals surface area contributed by atoms with Crippen LogP contribution in [0.3, 0.4) is 0 Å². The highest BCUT2D eigenvalue weighted by atomic mass is 16.5. The topological polar surface area (TPSA) is 40.5 Å². The predicted molar refractivity (Wildman–Crippen MR) is 138 cm³/mol. The number of methoxy groups -OCH3 is 2. The SMILES string of the molecule is COc1cc2c(-c3ccccc3)c(-c3ccccc3)n(-c3ccc(C)cc3)c(=O)c2cc1OC. The zero-order valence-electron chi connectivity index (χ0n) is 19.4. The summed E-state index contributed by atoms with van der Waals surface area (Å²) in [6, 6.07) is 31.9. The number of pyridine rings is 1. The summed E-state index contributed by atoms with van der Waals surface area (Å²) in [5.41, 5.74) is 5.59. The van der Waals surface area contributed by atoms with E-state index < -0.39 is 0 Å². The van der Waals surface area contributed by atoms with Crippen LogP contribution in [-0.4, -0.2) is 18.8 Å². The molecule has 1 heterocycles. The molecule has 0 amide bonds. The first-order chi connectivity index (χ1) is 16.6. The summed E-state index contributed by atoms with van der Waals surface area (Å²) in [6.07, 6.45) is 0. The number of nitrogens with zero attached hydrogens (tertiary/aromatic N) is 1. The molecular formula is C30H25NO3. The molecule has 0 radical (unpaired) electrons. The Bertz CT molecular complexity index is 1520. The van der Waals surface area contributed by atoms with Crippen LogP contribution in [0.1, 0.15) is 5.56 Å². The summed E-state index contributed by atoms with van der Waals surface area (Å²) in [7, 11) is 3.19. The van der Waals surface area contributed by atoms with Gasteiger partial charge in [0.2, 0.25) is 0 Å². The zero-order valence-corrected chi connectivity index (χ0v) is 19.4. The van der Waals surface area contributed by atoms with Crippen LogP contribution in [0.4, 0.5) is 0 Å². The van der Waals surface area contributed by atoms with E-state index in [4.69, 9.17) is 9.47 Å². The monoisotopic (exact) mass is 447 g/mol. The number of hydrogen-bond donors (Lipinski definition) is 0. The Hall–Kier alpha value is -4.31. The molecule has 4 nitrogen and oxygen atoms in total. The summed E-state index contributed by atoms with van der Waals surface area (Å²) in [5.74, 6) is 1.10. The maximum absolute atomic E-state index is 14.1. The van der Waals surface area contributed by atoms with Gasteiger partial charge in [0.15, 0.2) is 11.5 Å². The Morgan fingerprint density at radius 2 is 1.18 bits per heavy atom. The molecule has 0 fully saturated rings. The average Bonchev–Trinajstić information content (AvgIpc) is 2.89. The van der Waals surface area contributed by atoms with Gasteiger partial charge in [-0.05, 0) is 42.3 Å². The smallest absolute Gasteiger partial charge is 0.263 e. The minimum atomic E-state index is -0.113. The maximum atomic E-state index is 14.1. The number of hydrogen-bond acceptors (Lipinski definition) is 3. The van der Waals surface area contributed by atoms with Crippen molar-refractivity contribution in [3.63, 3.8) is 0 Å². The first kappa shape index (κ1) is 21.5. The summed E-state index contributed by atoms with van der Waals surface area (Å²) in [6.45, 7) is 2.04. The second-order valence-electron chi connectivity index (χ2n) is 8.18. The van der Waals surface area contributed by atoms with E-state index in [1.165, 1.54) is 0 Å². The van der Waals surface area contributed by atoms with Crippen LogP contribution >= 0.6 is 0 Å². The van der Waals surface area contributed by atoms with Crippen LogP contribution in [0.5, 0.6) is 11.5 Å². The van der Waals surface area contributed by atoms with Gasteiger partial charge < -0.3 is 9.47 Å². The third-order valence-corrected chi connectivity index (χ3v) is 6.09. The molecule has 4 heteroatoms. The Morgan fingerprint density at radius 1 is 0.647 bits per heavy atom. The highest BCUT2D eigenvalue weighted by Gasteiger charge is 2.22. The molecule has 5 rings (SSSR count). The number of aryl methyl sites for hydroxylation is 1. The zero-order chi connectivity index (χ0) is 23.7. The first-order valence-electron chi connectivity index (χ1n) is 11.1. The van der Waals surface area contributed by atoms with Crippen molar-refractivity contribution in [2.24, 2.45) is 0 Å². The van der Waals surface area contributed by atoms with Gasteiger partial charge in [-0.3, -0.25) is 9.36 Å². The second kappa shape index (κ2) is 8.91. The van der Waals surface area contributed by atoms with E-state index in [0.29, 0.717) is 16.9 Å². The third kappa shape index (κ3) is 3.63. The van der Waals surface area contributed by atoms with Gasteiger partial charge in [0.05, 0.1) is 25.3 Å². The fourth-order valence-electron chi connectivity index (χ4n) is 4.43. The largest absolute Gasteiger partial charge is 0.493 e. The average molecular weight is 448 g/mol. The van der Waals surface area contributed by atoms with Crippen LogP contribution < -0.4 is 15.0 Å². The van der Waals surface area contributed by atoms with Crippen LogP contribution in [0.25, 0.3) is 38.8 Å². The van der Waals surface area contributed by atoms with E-state index in [-0.39, 0.29) is 5.56 Å². The summed E-state index contributed by atoms with van der Waals surface area (Å²) < 4.78 is 13.0. The number of aromatic nitrogens is 1. The van der Waals surface area contributed by atoms with Gasteiger partial charge in [-0.2, -0.15) is 0 Å². The molecule has 0 saturated carbocycles. The number of fused-ring (bicyclic) bond motifs is 1. The van der Waals surface area contributed by atoms with E-state index in [2.05, 4.69) is 12.1 Å². The number of rotatable bonds is 5. The lowest BCUT2D eigenvalue weighted by atomic mass is 9.93. The normalized spacial score (nSPS) is 10.9. The highest BCUT2D eigenvalue weighted by Crippen LogP contribution is 2.41. The molecule has 0 spiro atoms. The molecule has 0 saturated heterocycles. The van der Waals surface area contributed by atoms with Crippen LogP contribution in [0.2, 0.25) is 0 Å². The van der Waals surface area contributed by atoms with Crippen molar-refractivity contribution in [2.75, 3.05) is 14.2 Å². The molecular weight excluding hydrogens is 422 g/mol. The Morgan fingerprint density at radius 3 is 1.74 bits per heavy atom. The van der Waals surface area contributed by atoms with Crippen molar-refractivity contribution in [2.45, 2.75) is 6.92 Å². The molecule has 0 atom stereocenters. The van der Waals surface area contributed by atoms with Crippen molar-refractivity contribution in [3.8, 4) is 39.6 Å². The Labute approximate surface area is 198 Å². The molecule has 0 aliphatic heterocycles. The van der Waals surface area contributed by atoms with Crippen LogP contribution in [-0.2, 0) is 0 Å². The minimum absolute atomic E-state index is 0.113. The van der Waals surface area contributed by atoms with Crippen LogP contribution in [0, 0.1) is 6.92 Å². The molecule has 34 heavy (non-hydrogen) atoms. The number of ether oxygens (including phenoxy) is 2. The maximum Gasteiger partial charge on any atom is 0.263 e. The van der Waals surface area contributed by atoms with E-state index in [1.54, 1.807) is 20.3 Å². The molecule has 1 aromatic heterocycles. The fraction of sp³-hybridized carbons (Fsp3) is 0.100. The molecule has 0 N–H and O–H groups in total. The van der Waals surface area contributed by atoms with Gasteiger partial charge in [0, 0.05) is 16.6 Å². The lowest BCUT2D eigenvalue weighted by Crippen LogP contribution is -2.22. The molecule has 0 aliphatic rings. The molecule has 0 bridgehead atoms. The van der Waals surface area contributed by atoms with Gasteiger partial charge in [-0.15, -0.1) is 0 Å². The van der Waals surface area contributed by atoms with Crippen molar-refractivity contribution < 1.29 is 9.47 Å². The van der Waals surface area contributed by atoms with Crippen molar-refractivity contribution in [3.05, 3.63) is 113 Å². The lowest BCUT2D eigenvalue weighted by molar-refractivity contribution is 0.356. The predicted octanol–water partition coefficient (Wildman–Crippen LogP) is 6.65. The van der Waals surface area contributed by atoms with Gasteiger partial charge in [-0.1, -0.05) is 78.4 Å². The minimum Gasteiger partial charge on any atom is -0.493 e.